The summed E-state index contributed by atoms with van der Waals surface area (Å²) in [5, 5.41) is 13.7. The average Bonchev–Trinajstić information content (AvgIpc) is 2.99. The molecule has 7 heteroatoms. The number of aromatic carboxylic acids is 1. The highest BCUT2D eigenvalue weighted by molar-refractivity contribution is 7.55. The number of carboxylic acid groups (broad SMARTS) is 1. The van der Waals surface area contributed by atoms with E-state index < -0.39 is 13.9 Å². The van der Waals surface area contributed by atoms with Crippen LogP contribution in [0.2, 0.25) is 5.02 Å². The van der Waals surface area contributed by atoms with Crippen LogP contribution in [0.15, 0.2) is 48.5 Å². The number of thiophene rings is 1. The van der Waals surface area contributed by atoms with E-state index in [0.29, 0.717) is 16.0 Å². The normalized spacial score (nSPS) is 11.3. The van der Waals surface area contributed by atoms with Gasteiger partial charge in [-0.3, -0.25) is 0 Å². The summed E-state index contributed by atoms with van der Waals surface area (Å²) in [6, 6.07) is 14.5. The number of halogens is 1. The largest absolute Gasteiger partial charge is 0.499 e. The molecule has 0 bridgehead atoms. The molecule has 2 aromatic carbocycles. The van der Waals surface area contributed by atoms with Crippen LogP contribution in [0.1, 0.15) is 20.8 Å². The van der Waals surface area contributed by atoms with Crippen molar-refractivity contribution in [2.45, 2.75) is 13.8 Å². The second kappa shape index (κ2) is 7.58. The van der Waals surface area contributed by atoms with Crippen molar-refractivity contribution in [3.05, 3.63) is 69.6 Å². The van der Waals surface area contributed by atoms with Gasteiger partial charge in [0, 0.05) is 15.5 Å². The molecule has 0 aliphatic carbocycles. The standard InChI is InChI=1S/C19H15ClNO3PS/c1-11-3-8-16(12(2)9-11)25(24)21-15-10-17(26-18(15)19(22)23)13-4-6-14(20)7-5-13/h3-10H,1-2H3,(H-,21,22,23,24)/p+1. The van der Waals surface area contributed by atoms with E-state index >= 15 is 0 Å². The summed E-state index contributed by atoms with van der Waals surface area (Å²) >= 11 is 7.04. The lowest BCUT2D eigenvalue weighted by Crippen LogP contribution is -2.07. The molecule has 1 aromatic heterocycles. The van der Waals surface area contributed by atoms with E-state index in [1.165, 1.54) is 0 Å². The lowest BCUT2D eigenvalue weighted by Gasteiger charge is -1.99. The molecule has 1 atom stereocenters. The summed E-state index contributed by atoms with van der Waals surface area (Å²) in [7, 11) is -1.96. The highest BCUT2D eigenvalue weighted by Gasteiger charge is 2.27. The summed E-state index contributed by atoms with van der Waals surface area (Å²) in [6.07, 6.45) is 0. The molecule has 0 saturated heterocycles. The number of anilines is 1. The molecule has 2 N–H and O–H groups in total. The second-order valence-corrected chi connectivity index (χ2v) is 8.64. The molecule has 0 aliphatic heterocycles. The van der Waals surface area contributed by atoms with Crippen LogP contribution in [0.25, 0.3) is 10.4 Å². The molecular formula is C19H16ClNO3PS+. The van der Waals surface area contributed by atoms with Gasteiger partial charge in [-0.2, -0.15) is 5.09 Å². The summed E-state index contributed by atoms with van der Waals surface area (Å²) in [6.45, 7) is 3.86. The van der Waals surface area contributed by atoms with Crippen molar-refractivity contribution in [2.75, 3.05) is 5.09 Å². The Hall–Kier alpha value is -2.20. The van der Waals surface area contributed by atoms with Crippen molar-refractivity contribution in [3.63, 3.8) is 0 Å². The molecule has 132 valence electrons. The third kappa shape index (κ3) is 3.96. The van der Waals surface area contributed by atoms with E-state index in [4.69, 9.17) is 11.6 Å². The average molecular weight is 405 g/mol. The minimum atomic E-state index is -1.96. The van der Waals surface area contributed by atoms with E-state index in [2.05, 4.69) is 5.09 Å². The number of carboxylic acids is 1. The number of nitrogens with one attached hydrogen (secondary N) is 1. The van der Waals surface area contributed by atoms with E-state index in [1.54, 1.807) is 18.2 Å². The fourth-order valence-electron chi connectivity index (χ4n) is 2.59. The van der Waals surface area contributed by atoms with Crippen molar-refractivity contribution >= 4 is 47.9 Å². The van der Waals surface area contributed by atoms with Crippen molar-refractivity contribution in [3.8, 4) is 10.4 Å². The SMILES string of the molecule is Cc1ccc([P+](=O)Nc2cc(-c3ccc(Cl)cc3)sc2C(=O)O)c(C)c1. The van der Waals surface area contributed by atoms with Crippen molar-refractivity contribution in [1.29, 1.82) is 0 Å². The molecule has 0 spiro atoms. The maximum absolute atomic E-state index is 12.7. The molecule has 0 saturated carbocycles. The van der Waals surface area contributed by atoms with Crippen LogP contribution >= 0.6 is 30.9 Å². The Morgan fingerprint density at radius 3 is 2.42 bits per heavy atom. The molecule has 3 rings (SSSR count). The third-order valence-corrected chi connectivity index (χ3v) is 6.66. The Labute approximate surface area is 161 Å². The molecule has 0 aliphatic rings. The van der Waals surface area contributed by atoms with Crippen LogP contribution in [0.4, 0.5) is 5.69 Å². The zero-order valence-electron chi connectivity index (χ0n) is 14.1. The van der Waals surface area contributed by atoms with Crippen molar-refractivity contribution < 1.29 is 14.5 Å². The highest BCUT2D eigenvalue weighted by Crippen LogP contribution is 2.38. The smallest absolute Gasteiger partial charge is 0.477 e. The van der Waals surface area contributed by atoms with E-state index in [-0.39, 0.29) is 4.88 Å². The number of rotatable bonds is 5. The lowest BCUT2D eigenvalue weighted by molar-refractivity contribution is 0.0703. The van der Waals surface area contributed by atoms with Crippen LogP contribution in [0.5, 0.6) is 0 Å². The topological polar surface area (TPSA) is 66.4 Å². The Balaban J connectivity index is 1.95. The summed E-state index contributed by atoms with van der Waals surface area (Å²) in [4.78, 5) is 12.5. The third-order valence-electron chi connectivity index (χ3n) is 3.85. The lowest BCUT2D eigenvalue weighted by atomic mass is 10.2. The zero-order valence-corrected chi connectivity index (χ0v) is 16.6. The van der Waals surface area contributed by atoms with Crippen molar-refractivity contribution in [1.82, 2.24) is 0 Å². The fourth-order valence-corrected chi connectivity index (χ4v) is 4.86. The van der Waals surface area contributed by atoms with Crippen LogP contribution in [0.3, 0.4) is 0 Å². The zero-order chi connectivity index (χ0) is 18.8. The van der Waals surface area contributed by atoms with Gasteiger partial charge in [-0.15, -0.1) is 11.3 Å². The summed E-state index contributed by atoms with van der Waals surface area (Å²) in [5.74, 6) is -1.05. The Bertz CT molecular complexity index is 999. The minimum Gasteiger partial charge on any atom is -0.477 e. The van der Waals surface area contributed by atoms with Gasteiger partial charge in [-0.25, -0.2) is 4.79 Å². The van der Waals surface area contributed by atoms with Gasteiger partial charge in [-0.05, 0) is 48.2 Å². The molecule has 0 amide bonds. The second-order valence-electron chi connectivity index (χ2n) is 5.86. The predicted molar refractivity (Wildman–Crippen MR) is 109 cm³/mol. The first-order valence-corrected chi connectivity index (χ1v) is 10.2. The molecule has 26 heavy (non-hydrogen) atoms. The van der Waals surface area contributed by atoms with Crippen molar-refractivity contribution in [2.24, 2.45) is 0 Å². The molecule has 1 heterocycles. The highest BCUT2D eigenvalue weighted by atomic mass is 35.5. The van der Waals surface area contributed by atoms with Gasteiger partial charge in [0.15, 0.2) is 0 Å². The first-order chi connectivity index (χ1) is 12.3. The van der Waals surface area contributed by atoms with Gasteiger partial charge in [0.25, 0.3) is 0 Å². The molecule has 4 nitrogen and oxygen atoms in total. The molecule has 1 unspecified atom stereocenters. The van der Waals surface area contributed by atoms with Crippen LogP contribution < -0.4 is 10.4 Å². The number of hydrogen-bond acceptors (Lipinski definition) is 3. The van der Waals surface area contributed by atoms with Gasteiger partial charge >= 0.3 is 13.9 Å². The fraction of sp³-hybridized carbons (Fsp3) is 0.105. The monoisotopic (exact) mass is 404 g/mol. The van der Waals surface area contributed by atoms with Crippen LogP contribution in [-0.4, -0.2) is 11.1 Å². The van der Waals surface area contributed by atoms with Gasteiger partial charge in [0.05, 0.1) is 0 Å². The Kier molecular flexibility index (Phi) is 5.42. The van der Waals surface area contributed by atoms with E-state index in [1.807, 2.05) is 44.2 Å². The number of carbonyl (C=O) groups is 1. The maximum Gasteiger partial charge on any atom is 0.499 e. The molecular weight excluding hydrogens is 389 g/mol. The maximum atomic E-state index is 12.7. The predicted octanol–water partition coefficient (Wildman–Crippen LogP) is 5.86. The summed E-state index contributed by atoms with van der Waals surface area (Å²) in [5.41, 5.74) is 3.20. The summed E-state index contributed by atoms with van der Waals surface area (Å²) < 4.78 is 12.7. The Morgan fingerprint density at radius 1 is 1.12 bits per heavy atom. The minimum absolute atomic E-state index is 0.128. The first kappa shape index (κ1) is 18.6. The van der Waals surface area contributed by atoms with E-state index in [9.17, 15) is 14.5 Å². The number of aryl methyl sites for hydroxylation is 2. The molecule has 3 aromatic rings. The first-order valence-electron chi connectivity index (χ1n) is 7.79. The van der Waals surface area contributed by atoms with Gasteiger partial charge in [-0.1, -0.05) is 41.4 Å². The van der Waals surface area contributed by atoms with Gasteiger partial charge in [0.1, 0.15) is 10.6 Å². The number of hydrogen-bond donors (Lipinski definition) is 2. The Morgan fingerprint density at radius 2 is 1.81 bits per heavy atom. The van der Waals surface area contributed by atoms with E-state index in [0.717, 1.165) is 32.9 Å². The molecule has 0 fully saturated rings. The van der Waals surface area contributed by atoms with Gasteiger partial charge in [0.2, 0.25) is 5.30 Å². The van der Waals surface area contributed by atoms with Crippen LogP contribution in [0, 0.1) is 13.8 Å². The molecule has 0 radical (unpaired) electrons. The number of benzene rings is 2. The quantitative estimate of drug-likeness (QED) is 0.522. The van der Waals surface area contributed by atoms with Crippen LogP contribution in [-0.2, 0) is 4.57 Å². The van der Waals surface area contributed by atoms with Gasteiger partial charge < -0.3 is 5.11 Å².